The molecule has 0 radical (unpaired) electrons. The van der Waals surface area contributed by atoms with Gasteiger partial charge in [-0.3, -0.25) is 0 Å². The van der Waals surface area contributed by atoms with Gasteiger partial charge in [0.2, 0.25) is 0 Å². The number of rotatable bonds is 4. The van der Waals surface area contributed by atoms with E-state index in [2.05, 4.69) is 41.5 Å². The molecule has 2 bridgehead atoms. The van der Waals surface area contributed by atoms with E-state index in [9.17, 15) is 0 Å². The standard InChI is InChI=1S/C18H32O2/c1-8-11-19-14-13-9-10-18(7,17(13,5)6)15(14)20-12-16(2,3)4/h8,11,13-15H,9-10,12H2,1-7H3/b11-8-/t13-,14-,15-,18+/m1/s1. The van der Waals surface area contributed by atoms with Crippen molar-refractivity contribution in [3.05, 3.63) is 12.3 Å². The van der Waals surface area contributed by atoms with Gasteiger partial charge in [-0.2, -0.15) is 0 Å². The Morgan fingerprint density at radius 1 is 1.20 bits per heavy atom. The van der Waals surface area contributed by atoms with E-state index < -0.39 is 0 Å². The highest BCUT2D eigenvalue weighted by molar-refractivity contribution is 5.16. The highest BCUT2D eigenvalue weighted by Crippen LogP contribution is 2.67. The lowest BCUT2D eigenvalue weighted by Crippen LogP contribution is -2.43. The summed E-state index contributed by atoms with van der Waals surface area (Å²) in [4.78, 5) is 0. The van der Waals surface area contributed by atoms with Crippen molar-refractivity contribution >= 4 is 0 Å². The van der Waals surface area contributed by atoms with Crippen LogP contribution in [0, 0.1) is 22.2 Å². The molecule has 2 saturated carbocycles. The predicted octanol–water partition coefficient (Wildman–Crippen LogP) is 4.79. The minimum absolute atomic E-state index is 0.202. The van der Waals surface area contributed by atoms with Gasteiger partial charge in [-0.25, -0.2) is 0 Å². The van der Waals surface area contributed by atoms with Crippen LogP contribution in [0.25, 0.3) is 0 Å². The van der Waals surface area contributed by atoms with Gasteiger partial charge in [0.05, 0.1) is 12.9 Å². The summed E-state index contributed by atoms with van der Waals surface area (Å²) in [5.74, 6) is 0.605. The number of ether oxygens (including phenoxy) is 2. The maximum Gasteiger partial charge on any atom is 0.128 e. The summed E-state index contributed by atoms with van der Waals surface area (Å²) in [6, 6.07) is 0. The van der Waals surface area contributed by atoms with E-state index in [4.69, 9.17) is 9.47 Å². The first-order chi connectivity index (χ1) is 9.13. The van der Waals surface area contributed by atoms with Crippen LogP contribution in [0.2, 0.25) is 0 Å². The van der Waals surface area contributed by atoms with Crippen molar-refractivity contribution in [2.75, 3.05) is 6.61 Å². The summed E-state index contributed by atoms with van der Waals surface area (Å²) in [6.07, 6.45) is 6.77. The summed E-state index contributed by atoms with van der Waals surface area (Å²) in [7, 11) is 0. The zero-order valence-electron chi connectivity index (χ0n) is 14.3. The SMILES string of the molecule is C/C=C\O[C@@H]1[C@H]2CC[C@@](C)([C@@H]1OCC(C)(C)C)C2(C)C. The zero-order valence-corrected chi connectivity index (χ0v) is 14.3. The van der Waals surface area contributed by atoms with Crippen molar-refractivity contribution in [3.8, 4) is 0 Å². The first-order valence-electron chi connectivity index (χ1n) is 8.02. The molecule has 0 saturated heterocycles. The fourth-order valence-electron chi connectivity index (χ4n) is 4.17. The Labute approximate surface area is 124 Å². The normalized spacial score (nSPS) is 39.6. The largest absolute Gasteiger partial charge is 0.495 e. The van der Waals surface area contributed by atoms with E-state index in [1.165, 1.54) is 12.8 Å². The van der Waals surface area contributed by atoms with E-state index in [1.54, 1.807) is 0 Å². The minimum Gasteiger partial charge on any atom is -0.495 e. The monoisotopic (exact) mass is 280 g/mol. The minimum atomic E-state index is 0.202. The lowest BCUT2D eigenvalue weighted by atomic mass is 9.70. The third kappa shape index (κ3) is 2.41. The molecule has 2 aliphatic carbocycles. The average Bonchev–Trinajstić information content (AvgIpc) is 2.63. The Bertz CT molecular complexity index is 377. The predicted molar refractivity (Wildman–Crippen MR) is 83.5 cm³/mol. The molecule has 0 aromatic carbocycles. The Hall–Kier alpha value is -0.500. The van der Waals surface area contributed by atoms with Gasteiger partial charge in [-0.05, 0) is 30.6 Å². The Balaban J connectivity index is 2.21. The van der Waals surface area contributed by atoms with Crippen molar-refractivity contribution in [2.24, 2.45) is 22.2 Å². The van der Waals surface area contributed by atoms with Crippen LogP contribution >= 0.6 is 0 Å². The molecule has 2 nitrogen and oxygen atoms in total. The van der Waals surface area contributed by atoms with Gasteiger partial charge in [0, 0.05) is 11.3 Å². The third-order valence-electron chi connectivity index (χ3n) is 5.76. The molecule has 0 aromatic heterocycles. The number of hydrogen-bond donors (Lipinski definition) is 0. The van der Waals surface area contributed by atoms with Crippen LogP contribution in [0.15, 0.2) is 12.3 Å². The van der Waals surface area contributed by atoms with Gasteiger partial charge in [-0.1, -0.05) is 47.6 Å². The van der Waals surface area contributed by atoms with Crippen LogP contribution in [0.3, 0.4) is 0 Å². The van der Waals surface area contributed by atoms with Gasteiger partial charge < -0.3 is 9.47 Å². The van der Waals surface area contributed by atoms with Crippen molar-refractivity contribution in [2.45, 2.75) is 73.5 Å². The number of fused-ring (bicyclic) bond motifs is 2. The third-order valence-corrected chi connectivity index (χ3v) is 5.76. The van der Waals surface area contributed by atoms with Crippen LogP contribution in [-0.4, -0.2) is 18.8 Å². The molecule has 0 aromatic rings. The second kappa shape index (κ2) is 5.05. The first kappa shape index (κ1) is 15.9. The van der Waals surface area contributed by atoms with Gasteiger partial charge in [0.15, 0.2) is 0 Å². The molecule has 4 atom stereocenters. The van der Waals surface area contributed by atoms with Gasteiger partial charge in [-0.15, -0.1) is 0 Å². The molecule has 0 heterocycles. The van der Waals surface area contributed by atoms with Crippen LogP contribution < -0.4 is 0 Å². The number of hydrogen-bond acceptors (Lipinski definition) is 2. The molecule has 0 aliphatic heterocycles. The topological polar surface area (TPSA) is 18.5 Å². The Morgan fingerprint density at radius 3 is 2.40 bits per heavy atom. The molecule has 2 aliphatic rings. The van der Waals surface area contributed by atoms with Crippen molar-refractivity contribution in [1.82, 2.24) is 0 Å². The molecule has 0 amide bonds. The molecular formula is C18H32O2. The van der Waals surface area contributed by atoms with E-state index in [1.807, 2.05) is 19.3 Å². The summed E-state index contributed by atoms with van der Waals surface area (Å²) in [6.45, 7) is 16.7. The Kier molecular flexibility index (Phi) is 4.01. The van der Waals surface area contributed by atoms with Gasteiger partial charge >= 0.3 is 0 Å². The second-order valence-corrected chi connectivity index (χ2v) is 8.65. The summed E-state index contributed by atoms with van der Waals surface area (Å²) in [5, 5.41) is 0. The molecule has 20 heavy (non-hydrogen) atoms. The van der Waals surface area contributed by atoms with Crippen molar-refractivity contribution in [3.63, 3.8) is 0 Å². The molecule has 0 spiro atoms. The fraction of sp³-hybridized carbons (Fsp3) is 0.889. The van der Waals surface area contributed by atoms with E-state index >= 15 is 0 Å². The molecule has 2 fully saturated rings. The van der Waals surface area contributed by atoms with Crippen LogP contribution in [0.1, 0.15) is 61.3 Å². The first-order valence-corrected chi connectivity index (χ1v) is 8.02. The molecule has 2 heteroatoms. The summed E-state index contributed by atoms with van der Waals surface area (Å²) < 4.78 is 12.4. The van der Waals surface area contributed by atoms with E-state index in [0.29, 0.717) is 11.3 Å². The quantitative estimate of drug-likeness (QED) is 0.689. The molecule has 0 N–H and O–H groups in total. The van der Waals surface area contributed by atoms with Crippen LogP contribution in [0.4, 0.5) is 0 Å². The van der Waals surface area contributed by atoms with Crippen LogP contribution in [0.5, 0.6) is 0 Å². The second-order valence-electron chi connectivity index (χ2n) is 8.65. The maximum atomic E-state index is 6.39. The van der Waals surface area contributed by atoms with E-state index in [0.717, 1.165) is 6.61 Å². The lowest BCUT2D eigenvalue weighted by molar-refractivity contribution is -0.116. The summed E-state index contributed by atoms with van der Waals surface area (Å²) >= 11 is 0. The molecule has 0 unspecified atom stereocenters. The van der Waals surface area contributed by atoms with E-state index in [-0.39, 0.29) is 23.0 Å². The van der Waals surface area contributed by atoms with Gasteiger partial charge in [0.25, 0.3) is 0 Å². The highest BCUT2D eigenvalue weighted by Gasteiger charge is 2.67. The molecule has 2 rings (SSSR count). The average molecular weight is 280 g/mol. The smallest absolute Gasteiger partial charge is 0.128 e. The number of allylic oxidation sites excluding steroid dienone is 1. The Morgan fingerprint density at radius 2 is 1.85 bits per heavy atom. The molecule has 116 valence electrons. The van der Waals surface area contributed by atoms with Crippen molar-refractivity contribution in [1.29, 1.82) is 0 Å². The lowest BCUT2D eigenvalue weighted by Gasteiger charge is -2.40. The molecular weight excluding hydrogens is 248 g/mol. The van der Waals surface area contributed by atoms with Crippen molar-refractivity contribution < 1.29 is 9.47 Å². The summed E-state index contributed by atoms with van der Waals surface area (Å²) in [5.41, 5.74) is 0.727. The van der Waals surface area contributed by atoms with Gasteiger partial charge in [0.1, 0.15) is 12.2 Å². The maximum absolute atomic E-state index is 6.39. The van der Waals surface area contributed by atoms with Crippen LogP contribution in [-0.2, 0) is 9.47 Å². The highest BCUT2D eigenvalue weighted by atomic mass is 16.5. The zero-order chi connectivity index (χ0) is 15.2. The fourth-order valence-corrected chi connectivity index (χ4v) is 4.17.